The lowest BCUT2D eigenvalue weighted by Crippen LogP contribution is -2.16. The molecule has 14 heavy (non-hydrogen) atoms. The van der Waals surface area contributed by atoms with Gasteiger partial charge in [-0.05, 0) is 31.7 Å². The van der Waals surface area contributed by atoms with E-state index in [1.807, 2.05) is 0 Å². The lowest BCUT2D eigenvalue weighted by molar-refractivity contribution is 0.196. The van der Waals surface area contributed by atoms with Gasteiger partial charge in [0.1, 0.15) is 12.4 Å². The quantitative estimate of drug-likeness (QED) is 0.777. The van der Waals surface area contributed by atoms with Gasteiger partial charge in [0.25, 0.3) is 0 Å². The first kappa shape index (κ1) is 9.40. The van der Waals surface area contributed by atoms with E-state index in [0.717, 1.165) is 19.4 Å². The van der Waals surface area contributed by atoms with Crippen LogP contribution in [0.25, 0.3) is 0 Å². The molecule has 1 aliphatic carbocycles. The van der Waals surface area contributed by atoms with Crippen LogP contribution in [0.2, 0.25) is 0 Å². The van der Waals surface area contributed by atoms with Crippen molar-refractivity contribution < 1.29 is 4.74 Å². The Hall–Kier alpha value is -1.16. The average Bonchev–Trinajstić information content (AvgIpc) is 2.67. The molecule has 2 unspecified atom stereocenters. The van der Waals surface area contributed by atoms with Crippen molar-refractivity contribution in [2.45, 2.75) is 25.4 Å². The van der Waals surface area contributed by atoms with Gasteiger partial charge in [-0.25, -0.2) is 9.97 Å². The maximum Gasteiger partial charge on any atom is 0.216 e. The second kappa shape index (κ2) is 4.37. The molecule has 1 aromatic heterocycles. The fraction of sp³-hybridized carbons (Fsp3) is 0.600. The highest BCUT2D eigenvalue weighted by molar-refractivity contribution is 5.05. The number of nitrogens with two attached hydrogens (primary N) is 1. The van der Waals surface area contributed by atoms with Crippen LogP contribution in [0.5, 0.6) is 5.88 Å². The molecular formula is C10H15N3O. The van der Waals surface area contributed by atoms with Gasteiger partial charge in [0.2, 0.25) is 5.88 Å². The Labute approximate surface area is 83.5 Å². The summed E-state index contributed by atoms with van der Waals surface area (Å²) in [5.74, 6) is 1.30. The maximum absolute atomic E-state index is 5.70. The van der Waals surface area contributed by atoms with Crippen molar-refractivity contribution in [2.24, 2.45) is 11.7 Å². The molecule has 4 nitrogen and oxygen atoms in total. The molecule has 2 N–H and O–H groups in total. The lowest BCUT2D eigenvalue weighted by atomic mass is 10.1. The molecule has 1 saturated carbocycles. The minimum Gasteiger partial charge on any atom is -0.474 e. The lowest BCUT2D eigenvalue weighted by Gasteiger charge is -2.12. The largest absolute Gasteiger partial charge is 0.474 e. The topological polar surface area (TPSA) is 61.0 Å². The first-order valence-corrected chi connectivity index (χ1v) is 5.01. The predicted molar refractivity (Wildman–Crippen MR) is 52.8 cm³/mol. The van der Waals surface area contributed by atoms with Gasteiger partial charge in [0.05, 0.1) is 0 Å². The van der Waals surface area contributed by atoms with Crippen molar-refractivity contribution in [2.75, 3.05) is 6.54 Å². The van der Waals surface area contributed by atoms with Gasteiger partial charge in [-0.1, -0.05) is 0 Å². The van der Waals surface area contributed by atoms with Gasteiger partial charge in [0, 0.05) is 12.3 Å². The first-order valence-electron chi connectivity index (χ1n) is 5.01. The minimum atomic E-state index is 0.290. The van der Waals surface area contributed by atoms with Crippen LogP contribution in [-0.2, 0) is 0 Å². The third-order valence-electron chi connectivity index (χ3n) is 2.67. The smallest absolute Gasteiger partial charge is 0.216 e. The fourth-order valence-electron chi connectivity index (χ4n) is 1.87. The van der Waals surface area contributed by atoms with E-state index in [1.54, 1.807) is 12.3 Å². The minimum absolute atomic E-state index is 0.290. The molecule has 2 atom stereocenters. The molecule has 4 heteroatoms. The fourth-order valence-corrected chi connectivity index (χ4v) is 1.87. The highest BCUT2D eigenvalue weighted by Crippen LogP contribution is 2.27. The van der Waals surface area contributed by atoms with Crippen molar-refractivity contribution in [3.8, 4) is 5.88 Å². The van der Waals surface area contributed by atoms with E-state index in [0.29, 0.717) is 17.9 Å². The molecule has 0 bridgehead atoms. The average molecular weight is 193 g/mol. The molecule has 0 aromatic carbocycles. The monoisotopic (exact) mass is 193 g/mol. The number of hydrogen-bond acceptors (Lipinski definition) is 4. The van der Waals surface area contributed by atoms with Gasteiger partial charge >= 0.3 is 0 Å². The summed E-state index contributed by atoms with van der Waals surface area (Å²) in [7, 11) is 0. The molecule has 1 fully saturated rings. The van der Waals surface area contributed by atoms with Crippen molar-refractivity contribution in [1.82, 2.24) is 9.97 Å². The SMILES string of the molecule is NCC1CCC(Oc2ccncn2)C1. The summed E-state index contributed by atoms with van der Waals surface area (Å²) in [5.41, 5.74) is 5.61. The van der Waals surface area contributed by atoms with Crippen molar-refractivity contribution in [3.05, 3.63) is 18.6 Å². The Morgan fingerprint density at radius 1 is 1.50 bits per heavy atom. The van der Waals surface area contributed by atoms with Gasteiger partial charge in [-0.15, -0.1) is 0 Å². The van der Waals surface area contributed by atoms with E-state index >= 15 is 0 Å². The number of ether oxygens (including phenoxy) is 1. The molecule has 0 aliphatic heterocycles. The van der Waals surface area contributed by atoms with Crippen molar-refractivity contribution in [3.63, 3.8) is 0 Å². The van der Waals surface area contributed by atoms with Gasteiger partial charge in [0.15, 0.2) is 0 Å². The molecular weight excluding hydrogens is 178 g/mol. The third kappa shape index (κ3) is 2.20. The van der Waals surface area contributed by atoms with Crippen molar-refractivity contribution >= 4 is 0 Å². The summed E-state index contributed by atoms with van der Waals surface area (Å²) in [4.78, 5) is 7.87. The van der Waals surface area contributed by atoms with Gasteiger partial charge in [-0.3, -0.25) is 0 Å². The van der Waals surface area contributed by atoms with Crippen LogP contribution in [0.15, 0.2) is 18.6 Å². The van der Waals surface area contributed by atoms with Crippen molar-refractivity contribution in [1.29, 1.82) is 0 Å². The molecule has 76 valence electrons. The summed E-state index contributed by atoms with van der Waals surface area (Å²) in [5, 5.41) is 0. The molecule has 2 rings (SSSR count). The molecule has 0 spiro atoms. The van der Waals surface area contributed by atoms with E-state index in [2.05, 4.69) is 9.97 Å². The van der Waals surface area contributed by atoms with Crippen LogP contribution >= 0.6 is 0 Å². The number of rotatable bonds is 3. The Balaban J connectivity index is 1.88. The van der Waals surface area contributed by atoms with Crippen LogP contribution in [0.3, 0.4) is 0 Å². The van der Waals surface area contributed by atoms with Crippen LogP contribution < -0.4 is 10.5 Å². The van der Waals surface area contributed by atoms with Gasteiger partial charge < -0.3 is 10.5 Å². The second-order valence-corrected chi connectivity index (χ2v) is 3.70. The normalized spacial score (nSPS) is 26.4. The first-order chi connectivity index (χ1) is 6.88. The molecule has 0 saturated heterocycles. The van der Waals surface area contributed by atoms with E-state index in [4.69, 9.17) is 10.5 Å². The summed E-state index contributed by atoms with van der Waals surface area (Å²) in [6.45, 7) is 0.767. The van der Waals surface area contributed by atoms with Crippen LogP contribution in [0, 0.1) is 5.92 Å². The predicted octanol–water partition coefficient (Wildman–Crippen LogP) is 0.983. The van der Waals surface area contributed by atoms with Crippen LogP contribution in [-0.4, -0.2) is 22.6 Å². The number of hydrogen-bond donors (Lipinski definition) is 1. The highest BCUT2D eigenvalue weighted by atomic mass is 16.5. The number of aromatic nitrogens is 2. The molecule has 0 radical (unpaired) electrons. The summed E-state index contributed by atoms with van der Waals surface area (Å²) in [6.07, 6.45) is 6.81. The Bertz CT molecular complexity index is 278. The summed E-state index contributed by atoms with van der Waals surface area (Å²) in [6, 6.07) is 1.79. The zero-order valence-corrected chi connectivity index (χ0v) is 8.10. The third-order valence-corrected chi connectivity index (χ3v) is 2.67. The van der Waals surface area contributed by atoms with E-state index in [9.17, 15) is 0 Å². The molecule has 1 heterocycles. The standard InChI is InChI=1S/C10H15N3O/c11-6-8-1-2-9(5-8)14-10-3-4-12-7-13-10/h3-4,7-9H,1-2,5-6,11H2. The zero-order chi connectivity index (χ0) is 9.80. The summed E-state index contributed by atoms with van der Waals surface area (Å²) < 4.78 is 5.70. The Morgan fingerprint density at radius 3 is 3.07 bits per heavy atom. The van der Waals surface area contributed by atoms with Gasteiger partial charge in [-0.2, -0.15) is 0 Å². The molecule has 1 aliphatic rings. The van der Waals surface area contributed by atoms with Crippen LogP contribution in [0.4, 0.5) is 0 Å². The van der Waals surface area contributed by atoms with E-state index in [1.165, 1.54) is 12.7 Å². The maximum atomic E-state index is 5.70. The molecule has 0 amide bonds. The number of nitrogens with zero attached hydrogens (tertiary/aromatic N) is 2. The second-order valence-electron chi connectivity index (χ2n) is 3.70. The zero-order valence-electron chi connectivity index (χ0n) is 8.10. The Kier molecular flexibility index (Phi) is 2.93. The molecule has 1 aromatic rings. The highest BCUT2D eigenvalue weighted by Gasteiger charge is 2.25. The van der Waals surface area contributed by atoms with E-state index in [-0.39, 0.29) is 0 Å². The summed E-state index contributed by atoms with van der Waals surface area (Å²) >= 11 is 0. The Morgan fingerprint density at radius 2 is 2.43 bits per heavy atom. The van der Waals surface area contributed by atoms with Crippen LogP contribution in [0.1, 0.15) is 19.3 Å². The van der Waals surface area contributed by atoms with E-state index < -0.39 is 0 Å².